The summed E-state index contributed by atoms with van der Waals surface area (Å²) in [4.78, 5) is 12.4. The van der Waals surface area contributed by atoms with Crippen LogP contribution in [-0.4, -0.2) is 15.7 Å². The van der Waals surface area contributed by atoms with E-state index in [9.17, 15) is 4.79 Å². The molecule has 0 unspecified atom stereocenters. The van der Waals surface area contributed by atoms with Crippen molar-refractivity contribution in [3.63, 3.8) is 0 Å². The monoisotopic (exact) mass is 373 g/mol. The van der Waals surface area contributed by atoms with Crippen LogP contribution in [0.3, 0.4) is 0 Å². The van der Waals surface area contributed by atoms with Crippen LogP contribution in [0.25, 0.3) is 0 Å². The number of carbonyl (C=O) groups is 1. The van der Waals surface area contributed by atoms with E-state index in [1.807, 2.05) is 31.2 Å². The molecule has 4 nitrogen and oxygen atoms in total. The van der Waals surface area contributed by atoms with Gasteiger partial charge in [0.2, 0.25) is 5.91 Å². The topological polar surface area (TPSA) is 46.9 Å². The van der Waals surface area contributed by atoms with Crippen molar-refractivity contribution in [1.29, 1.82) is 0 Å². The quantitative estimate of drug-likeness (QED) is 0.702. The average molecular weight is 374 g/mol. The number of carbonyl (C=O) groups excluding carboxylic acids is 1. The highest BCUT2D eigenvalue weighted by Gasteiger charge is 2.12. The molecule has 0 bridgehead atoms. The second-order valence-corrected chi connectivity index (χ2v) is 6.54. The van der Waals surface area contributed by atoms with Crippen LogP contribution in [0.4, 0.5) is 5.82 Å². The van der Waals surface area contributed by atoms with E-state index in [0.717, 1.165) is 16.7 Å². The lowest BCUT2D eigenvalue weighted by Gasteiger charge is -2.12. The molecule has 3 rings (SSSR count). The molecule has 1 N–H and O–H groups in total. The Balaban J connectivity index is 1.74. The van der Waals surface area contributed by atoms with E-state index in [1.54, 1.807) is 35.1 Å². The van der Waals surface area contributed by atoms with Crippen LogP contribution in [0.5, 0.6) is 0 Å². The Labute approximate surface area is 156 Å². The van der Waals surface area contributed by atoms with E-state index < -0.39 is 0 Å². The summed E-state index contributed by atoms with van der Waals surface area (Å²) in [6, 6.07) is 14.9. The van der Waals surface area contributed by atoms with Gasteiger partial charge >= 0.3 is 0 Å². The van der Waals surface area contributed by atoms with Gasteiger partial charge in [-0.2, -0.15) is 5.10 Å². The van der Waals surface area contributed by atoms with Crippen LogP contribution in [0.2, 0.25) is 10.0 Å². The normalized spacial score (nSPS) is 10.7. The third-order valence-electron chi connectivity index (χ3n) is 3.97. The van der Waals surface area contributed by atoms with Gasteiger partial charge in [-0.05, 0) is 30.2 Å². The molecular weight excluding hydrogens is 357 g/mol. The summed E-state index contributed by atoms with van der Waals surface area (Å²) in [7, 11) is 0. The first-order valence-electron chi connectivity index (χ1n) is 7.83. The van der Waals surface area contributed by atoms with Crippen molar-refractivity contribution < 1.29 is 4.79 Å². The second kappa shape index (κ2) is 7.72. The Morgan fingerprint density at radius 2 is 1.80 bits per heavy atom. The molecule has 1 amide bonds. The van der Waals surface area contributed by atoms with Crippen molar-refractivity contribution in [3.05, 3.63) is 81.5 Å². The van der Waals surface area contributed by atoms with Gasteiger partial charge in [-0.25, -0.2) is 4.68 Å². The zero-order chi connectivity index (χ0) is 17.8. The number of benzene rings is 2. The smallest absolute Gasteiger partial charge is 0.229 e. The standard InChI is InChI=1S/C19H17Cl2N3O/c1-13-5-2-3-6-14(13)11-19(25)23-18-9-10-22-24(18)12-15-16(20)7-4-8-17(15)21/h2-10H,11-12H2,1H3,(H,23,25). The molecule has 1 aromatic heterocycles. The van der Waals surface area contributed by atoms with Crippen molar-refractivity contribution in [2.75, 3.05) is 5.32 Å². The zero-order valence-corrected chi connectivity index (χ0v) is 15.2. The maximum atomic E-state index is 12.4. The van der Waals surface area contributed by atoms with E-state index in [1.165, 1.54) is 0 Å². The Hall–Kier alpha value is -2.30. The first kappa shape index (κ1) is 17.5. The van der Waals surface area contributed by atoms with Gasteiger partial charge in [0.25, 0.3) is 0 Å². The van der Waals surface area contributed by atoms with Crippen LogP contribution in [0.15, 0.2) is 54.7 Å². The number of nitrogens with one attached hydrogen (secondary N) is 1. The number of aryl methyl sites for hydroxylation is 1. The lowest BCUT2D eigenvalue weighted by molar-refractivity contribution is -0.115. The molecule has 0 fully saturated rings. The number of aromatic nitrogens is 2. The van der Waals surface area contributed by atoms with Gasteiger partial charge in [-0.15, -0.1) is 0 Å². The molecule has 0 aliphatic rings. The maximum Gasteiger partial charge on any atom is 0.229 e. The molecule has 2 aromatic carbocycles. The van der Waals surface area contributed by atoms with E-state index in [-0.39, 0.29) is 5.91 Å². The van der Waals surface area contributed by atoms with Gasteiger partial charge in [0.05, 0.1) is 19.2 Å². The number of hydrogen-bond acceptors (Lipinski definition) is 2. The van der Waals surface area contributed by atoms with Crippen molar-refractivity contribution in [1.82, 2.24) is 9.78 Å². The SMILES string of the molecule is Cc1ccccc1CC(=O)Nc1ccnn1Cc1c(Cl)cccc1Cl. The first-order chi connectivity index (χ1) is 12.0. The number of anilines is 1. The Bertz CT molecular complexity index is 885. The number of amides is 1. The molecule has 0 saturated heterocycles. The number of rotatable bonds is 5. The van der Waals surface area contributed by atoms with E-state index in [0.29, 0.717) is 28.8 Å². The summed E-state index contributed by atoms with van der Waals surface area (Å²) in [6.45, 7) is 2.37. The van der Waals surface area contributed by atoms with E-state index in [4.69, 9.17) is 23.2 Å². The molecule has 0 radical (unpaired) electrons. The van der Waals surface area contributed by atoms with Crippen molar-refractivity contribution >= 4 is 34.9 Å². The molecular formula is C19H17Cl2N3O. The summed E-state index contributed by atoms with van der Waals surface area (Å²) in [6.07, 6.45) is 1.94. The Kier molecular flexibility index (Phi) is 5.41. The van der Waals surface area contributed by atoms with Crippen molar-refractivity contribution in [2.45, 2.75) is 19.9 Å². The summed E-state index contributed by atoms with van der Waals surface area (Å²) in [5.41, 5.74) is 2.86. The van der Waals surface area contributed by atoms with Crippen LogP contribution >= 0.6 is 23.2 Å². The minimum Gasteiger partial charge on any atom is -0.311 e. The number of hydrogen-bond donors (Lipinski definition) is 1. The molecule has 0 atom stereocenters. The third kappa shape index (κ3) is 4.21. The third-order valence-corrected chi connectivity index (χ3v) is 4.67. The highest BCUT2D eigenvalue weighted by atomic mass is 35.5. The molecule has 25 heavy (non-hydrogen) atoms. The number of nitrogens with zero attached hydrogens (tertiary/aromatic N) is 2. The van der Waals surface area contributed by atoms with Gasteiger partial charge in [-0.3, -0.25) is 4.79 Å². The van der Waals surface area contributed by atoms with Gasteiger partial charge in [0, 0.05) is 21.7 Å². The summed E-state index contributed by atoms with van der Waals surface area (Å²) < 4.78 is 1.67. The highest BCUT2D eigenvalue weighted by molar-refractivity contribution is 6.35. The molecule has 128 valence electrons. The van der Waals surface area contributed by atoms with E-state index >= 15 is 0 Å². The van der Waals surface area contributed by atoms with Crippen molar-refractivity contribution in [2.24, 2.45) is 0 Å². The Morgan fingerprint density at radius 3 is 2.52 bits per heavy atom. The predicted molar refractivity (Wildman–Crippen MR) is 101 cm³/mol. The van der Waals surface area contributed by atoms with Gasteiger partial charge in [-0.1, -0.05) is 53.5 Å². The van der Waals surface area contributed by atoms with Crippen molar-refractivity contribution in [3.8, 4) is 0 Å². The highest BCUT2D eigenvalue weighted by Crippen LogP contribution is 2.26. The largest absolute Gasteiger partial charge is 0.311 e. The summed E-state index contributed by atoms with van der Waals surface area (Å²) in [5, 5.41) is 8.30. The lowest BCUT2D eigenvalue weighted by Crippen LogP contribution is -2.18. The number of halogens is 2. The average Bonchev–Trinajstić information content (AvgIpc) is 3.00. The fourth-order valence-electron chi connectivity index (χ4n) is 2.57. The molecule has 1 heterocycles. The minimum absolute atomic E-state index is 0.0960. The Morgan fingerprint density at radius 1 is 1.08 bits per heavy atom. The first-order valence-corrected chi connectivity index (χ1v) is 8.59. The fraction of sp³-hybridized carbons (Fsp3) is 0.158. The molecule has 6 heteroatoms. The minimum atomic E-state index is -0.0960. The van der Waals surface area contributed by atoms with Gasteiger partial charge in [0.15, 0.2) is 0 Å². The molecule has 0 saturated carbocycles. The summed E-state index contributed by atoms with van der Waals surface area (Å²) >= 11 is 12.4. The van der Waals surface area contributed by atoms with Crippen LogP contribution < -0.4 is 5.32 Å². The van der Waals surface area contributed by atoms with Crippen LogP contribution in [-0.2, 0) is 17.8 Å². The molecule has 0 spiro atoms. The van der Waals surface area contributed by atoms with Gasteiger partial charge < -0.3 is 5.32 Å². The van der Waals surface area contributed by atoms with Crippen LogP contribution in [0, 0.1) is 6.92 Å². The zero-order valence-electron chi connectivity index (χ0n) is 13.7. The predicted octanol–water partition coefficient (Wildman–Crippen LogP) is 4.73. The van der Waals surface area contributed by atoms with Crippen LogP contribution in [0.1, 0.15) is 16.7 Å². The molecule has 3 aromatic rings. The fourth-order valence-corrected chi connectivity index (χ4v) is 3.08. The second-order valence-electron chi connectivity index (χ2n) is 5.73. The van der Waals surface area contributed by atoms with E-state index in [2.05, 4.69) is 10.4 Å². The maximum absolute atomic E-state index is 12.4. The van der Waals surface area contributed by atoms with Gasteiger partial charge in [0.1, 0.15) is 5.82 Å². The molecule has 0 aliphatic carbocycles. The molecule has 0 aliphatic heterocycles. The lowest BCUT2D eigenvalue weighted by atomic mass is 10.1. The summed E-state index contributed by atoms with van der Waals surface area (Å²) in [5.74, 6) is 0.510.